The molecule has 0 unspecified atom stereocenters. The molecular formula is C20H30N2O. The Morgan fingerprint density at radius 3 is 2.17 bits per heavy atom. The van der Waals surface area contributed by atoms with Gasteiger partial charge in [0.2, 0.25) is 0 Å². The van der Waals surface area contributed by atoms with Crippen molar-refractivity contribution in [2.75, 3.05) is 0 Å². The van der Waals surface area contributed by atoms with E-state index in [0.717, 1.165) is 36.1 Å². The van der Waals surface area contributed by atoms with Gasteiger partial charge in [0.05, 0.1) is 0 Å². The van der Waals surface area contributed by atoms with Crippen molar-refractivity contribution < 1.29 is 0 Å². The second-order valence-corrected chi connectivity index (χ2v) is 9.37. The van der Waals surface area contributed by atoms with E-state index in [-0.39, 0.29) is 0 Å². The minimum Gasteiger partial charge on any atom is -0.296 e. The van der Waals surface area contributed by atoms with Crippen molar-refractivity contribution in [1.29, 1.82) is 0 Å². The summed E-state index contributed by atoms with van der Waals surface area (Å²) in [6.07, 6.45) is 11.9. The Labute approximate surface area is 139 Å². The first-order chi connectivity index (χ1) is 11.1. The van der Waals surface area contributed by atoms with Crippen LogP contribution in [0.5, 0.6) is 0 Å². The summed E-state index contributed by atoms with van der Waals surface area (Å²) < 4.78 is 4.33. The third-order valence-electron chi connectivity index (χ3n) is 7.26. The number of aromatic nitrogens is 2. The minimum absolute atomic E-state index is 0.304. The molecule has 0 atom stereocenters. The Morgan fingerprint density at radius 1 is 1.04 bits per heavy atom. The van der Waals surface area contributed by atoms with Gasteiger partial charge in [-0.2, -0.15) is 0 Å². The van der Waals surface area contributed by atoms with Crippen LogP contribution in [0.2, 0.25) is 0 Å². The van der Waals surface area contributed by atoms with E-state index < -0.39 is 0 Å². The fraction of sp³-hybridized carbons (Fsp3) is 0.850. The summed E-state index contributed by atoms with van der Waals surface area (Å²) in [5.41, 5.74) is 1.58. The Hall–Kier alpha value is -0.990. The molecule has 5 aliphatic carbocycles. The van der Waals surface area contributed by atoms with Crippen molar-refractivity contribution in [3.8, 4) is 0 Å². The van der Waals surface area contributed by atoms with Crippen LogP contribution in [-0.4, -0.2) is 9.13 Å². The van der Waals surface area contributed by atoms with Gasteiger partial charge >= 0.3 is 5.69 Å². The molecule has 126 valence electrons. The summed E-state index contributed by atoms with van der Waals surface area (Å²) in [6.45, 7) is 5.44. The highest BCUT2D eigenvalue weighted by atomic mass is 16.1. The van der Waals surface area contributed by atoms with Gasteiger partial charge in [0, 0.05) is 24.5 Å². The standard InChI is InChI=1S/C20H30N2O/c1-12(2)18-11-22(20(23)21(18)10-13-3-4-13)19-16-6-14-5-15(8-16)9-17(19)7-14/h11-17,19H,3-10H2,1-2H3. The molecule has 6 rings (SSSR count). The summed E-state index contributed by atoms with van der Waals surface area (Å²) >= 11 is 0. The second-order valence-electron chi connectivity index (χ2n) is 9.37. The van der Waals surface area contributed by atoms with Gasteiger partial charge in [0.15, 0.2) is 0 Å². The molecule has 23 heavy (non-hydrogen) atoms. The lowest BCUT2D eigenvalue weighted by molar-refractivity contribution is -0.0305. The van der Waals surface area contributed by atoms with Crippen molar-refractivity contribution in [3.63, 3.8) is 0 Å². The fourth-order valence-electron chi connectivity index (χ4n) is 6.28. The highest BCUT2D eigenvalue weighted by Crippen LogP contribution is 2.58. The van der Waals surface area contributed by atoms with Gasteiger partial charge in [-0.15, -0.1) is 0 Å². The van der Waals surface area contributed by atoms with Crippen LogP contribution in [0.3, 0.4) is 0 Å². The molecule has 4 bridgehead atoms. The lowest BCUT2D eigenvalue weighted by atomic mass is 9.54. The first kappa shape index (κ1) is 14.4. The van der Waals surface area contributed by atoms with Crippen molar-refractivity contribution in [3.05, 3.63) is 22.4 Å². The van der Waals surface area contributed by atoms with Crippen LogP contribution >= 0.6 is 0 Å². The lowest BCUT2D eigenvalue weighted by Crippen LogP contribution is -2.48. The van der Waals surface area contributed by atoms with Gasteiger partial charge < -0.3 is 0 Å². The molecular weight excluding hydrogens is 284 g/mol. The van der Waals surface area contributed by atoms with Crippen LogP contribution in [0.15, 0.2) is 11.0 Å². The van der Waals surface area contributed by atoms with E-state index in [0.29, 0.717) is 17.6 Å². The summed E-state index contributed by atoms with van der Waals surface area (Å²) in [6, 6.07) is 0.508. The third kappa shape index (κ3) is 2.26. The maximum Gasteiger partial charge on any atom is 0.328 e. The molecule has 1 aromatic heterocycles. The highest BCUT2D eigenvalue weighted by molar-refractivity contribution is 5.10. The van der Waals surface area contributed by atoms with E-state index in [1.165, 1.54) is 50.6 Å². The van der Waals surface area contributed by atoms with Crippen LogP contribution in [0.4, 0.5) is 0 Å². The SMILES string of the molecule is CC(C)c1cn(C2C3CC4CC(C3)CC2C4)c(=O)n1CC1CC1. The maximum atomic E-state index is 13.2. The molecule has 5 saturated carbocycles. The lowest BCUT2D eigenvalue weighted by Gasteiger charge is -2.54. The van der Waals surface area contributed by atoms with E-state index in [1.807, 2.05) is 0 Å². The van der Waals surface area contributed by atoms with Crippen molar-refractivity contribution >= 4 is 0 Å². The Kier molecular flexibility index (Phi) is 3.12. The first-order valence-corrected chi connectivity index (χ1v) is 9.91. The molecule has 0 aromatic carbocycles. The molecule has 3 nitrogen and oxygen atoms in total. The second kappa shape index (κ2) is 5.00. The summed E-state index contributed by atoms with van der Waals surface area (Å²) in [4.78, 5) is 13.2. The predicted molar refractivity (Wildman–Crippen MR) is 91.6 cm³/mol. The number of hydrogen-bond donors (Lipinski definition) is 0. The van der Waals surface area contributed by atoms with Crippen molar-refractivity contribution in [2.24, 2.45) is 29.6 Å². The Morgan fingerprint density at radius 2 is 1.65 bits per heavy atom. The smallest absolute Gasteiger partial charge is 0.296 e. The normalized spacial score (nSPS) is 38.7. The molecule has 1 aromatic rings. The fourth-order valence-corrected chi connectivity index (χ4v) is 6.28. The summed E-state index contributed by atoms with van der Waals surface area (Å²) in [5, 5.41) is 0. The van der Waals surface area contributed by atoms with E-state index in [9.17, 15) is 4.79 Å². The Bertz CT molecular complexity index is 636. The summed E-state index contributed by atoms with van der Waals surface area (Å²) in [5.74, 6) is 4.71. The van der Waals surface area contributed by atoms with Crippen LogP contribution in [0.1, 0.15) is 76.4 Å². The molecule has 0 spiro atoms. The van der Waals surface area contributed by atoms with E-state index in [4.69, 9.17) is 0 Å². The van der Waals surface area contributed by atoms with Crippen LogP contribution in [0.25, 0.3) is 0 Å². The zero-order chi connectivity index (χ0) is 15.7. The molecule has 0 saturated heterocycles. The third-order valence-corrected chi connectivity index (χ3v) is 7.26. The molecule has 5 fully saturated rings. The van der Waals surface area contributed by atoms with E-state index >= 15 is 0 Å². The van der Waals surface area contributed by atoms with Gasteiger partial charge in [-0.3, -0.25) is 9.13 Å². The molecule has 0 N–H and O–H groups in total. The predicted octanol–water partition coefficient (Wildman–Crippen LogP) is 4.18. The molecule has 1 heterocycles. The van der Waals surface area contributed by atoms with E-state index in [1.54, 1.807) is 0 Å². The molecule has 5 aliphatic rings. The van der Waals surface area contributed by atoms with Crippen LogP contribution < -0.4 is 5.69 Å². The average molecular weight is 314 g/mol. The van der Waals surface area contributed by atoms with Gasteiger partial charge in [-0.05, 0) is 80.5 Å². The van der Waals surface area contributed by atoms with E-state index in [2.05, 4.69) is 29.2 Å². The van der Waals surface area contributed by atoms with Crippen molar-refractivity contribution in [1.82, 2.24) is 9.13 Å². The highest BCUT2D eigenvalue weighted by Gasteiger charge is 2.49. The number of hydrogen-bond acceptors (Lipinski definition) is 1. The zero-order valence-electron chi connectivity index (χ0n) is 14.6. The largest absolute Gasteiger partial charge is 0.328 e. The zero-order valence-corrected chi connectivity index (χ0v) is 14.6. The minimum atomic E-state index is 0.304. The monoisotopic (exact) mass is 314 g/mol. The van der Waals surface area contributed by atoms with Crippen molar-refractivity contribution in [2.45, 2.75) is 77.3 Å². The van der Waals surface area contributed by atoms with Gasteiger partial charge in [-0.1, -0.05) is 13.8 Å². The average Bonchev–Trinajstić information content (AvgIpc) is 3.25. The first-order valence-electron chi connectivity index (χ1n) is 9.91. The van der Waals surface area contributed by atoms with Gasteiger partial charge in [0.25, 0.3) is 0 Å². The van der Waals surface area contributed by atoms with Crippen LogP contribution in [0, 0.1) is 29.6 Å². The van der Waals surface area contributed by atoms with Gasteiger partial charge in [0.1, 0.15) is 0 Å². The molecule has 0 aliphatic heterocycles. The maximum absolute atomic E-state index is 13.2. The molecule has 0 amide bonds. The number of rotatable bonds is 4. The molecule has 3 heteroatoms. The number of nitrogens with zero attached hydrogens (tertiary/aromatic N) is 2. The molecule has 0 radical (unpaired) electrons. The van der Waals surface area contributed by atoms with Crippen LogP contribution in [-0.2, 0) is 6.54 Å². The number of imidazole rings is 1. The Balaban J connectivity index is 1.54. The quantitative estimate of drug-likeness (QED) is 0.819. The summed E-state index contributed by atoms with van der Waals surface area (Å²) in [7, 11) is 0. The van der Waals surface area contributed by atoms with Gasteiger partial charge in [-0.25, -0.2) is 4.79 Å². The topological polar surface area (TPSA) is 26.9 Å².